The number of nitrogens with zero attached hydrogens (tertiary/aromatic N) is 3. The smallest absolute Gasteiger partial charge is 0.158 e. The predicted molar refractivity (Wildman–Crippen MR) is 86.4 cm³/mol. The van der Waals surface area contributed by atoms with Crippen molar-refractivity contribution in [2.75, 3.05) is 24.5 Å². The van der Waals surface area contributed by atoms with Crippen LogP contribution in [0.4, 0.5) is 11.6 Å². The zero-order chi connectivity index (χ0) is 15.2. The fourth-order valence-electron chi connectivity index (χ4n) is 2.01. The number of thiophene rings is 1. The number of nitrogens with one attached hydrogen (secondary N) is 1. The zero-order valence-electron chi connectivity index (χ0n) is 12.5. The monoisotopic (exact) mass is 307 g/mol. The SMILES string of the molecule is COCc1nc(NN)cc(N(C)C(C)Cc2cccs2)n1. The summed E-state index contributed by atoms with van der Waals surface area (Å²) in [5, 5.41) is 2.10. The second-order valence-corrected chi connectivity index (χ2v) is 5.88. The third-order valence-electron chi connectivity index (χ3n) is 3.28. The highest BCUT2D eigenvalue weighted by Crippen LogP contribution is 2.20. The van der Waals surface area contributed by atoms with E-state index in [0.29, 0.717) is 24.3 Å². The first-order valence-corrected chi connectivity index (χ1v) is 7.60. The number of methoxy groups -OCH3 is 1. The molecular weight excluding hydrogens is 286 g/mol. The van der Waals surface area contributed by atoms with Gasteiger partial charge in [-0.3, -0.25) is 0 Å². The van der Waals surface area contributed by atoms with E-state index in [2.05, 4.69) is 44.7 Å². The average Bonchev–Trinajstić information content (AvgIpc) is 2.99. The van der Waals surface area contributed by atoms with Gasteiger partial charge in [0.05, 0.1) is 0 Å². The summed E-state index contributed by atoms with van der Waals surface area (Å²) < 4.78 is 5.10. The molecule has 0 aliphatic carbocycles. The van der Waals surface area contributed by atoms with Crippen LogP contribution >= 0.6 is 11.3 Å². The summed E-state index contributed by atoms with van der Waals surface area (Å²) in [6, 6.07) is 6.38. The molecule has 0 saturated heterocycles. The summed E-state index contributed by atoms with van der Waals surface area (Å²) >= 11 is 1.77. The van der Waals surface area contributed by atoms with Gasteiger partial charge in [0, 0.05) is 37.6 Å². The van der Waals surface area contributed by atoms with Crippen molar-refractivity contribution in [3.63, 3.8) is 0 Å². The van der Waals surface area contributed by atoms with Crippen LogP contribution in [-0.4, -0.2) is 30.2 Å². The van der Waals surface area contributed by atoms with Crippen molar-refractivity contribution in [1.29, 1.82) is 0 Å². The van der Waals surface area contributed by atoms with Gasteiger partial charge in [0.15, 0.2) is 5.82 Å². The first-order chi connectivity index (χ1) is 10.1. The number of aromatic nitrogens is 2. The standard InChI is InChI=1S/C14H21N5OS/c1-10(7-11-5-4-6-21-11)19(2)14-8-12(18-15)16-13(17-14)9-20-3/h4-6,8,10H,7,9,15H2,1-3H3,(H,16,17,18). The number of nitrogen functional groups attached to an aromatic ring is 1. The molecule has 21 heavy (non-hydrogen) atoms. The molecule has 0 amide bonds. The van der Waals surface area contributed by atoms with Gasteiger partial charge in [0.25, 0.3) is 0 Å². The highest BCUT2D eigenvalue weighted by molar-refractivity contribution is 7.09. The molecule has 1 unspecified atom stereocenters. The number of nitrogens with two attached hydrogens (primary N) is 1. The Bertz CT molecular complexity index is 560. The minimum Gasteiger partial charge on any atom is -0.377 e. The van der Waals surface area contributed by atoms with E-state index in [1.165, 1.54) is 4.88 Å². The maximum Gasteiger partial charge on any atom is 0.158 e. The Labute approximate surface area is 128 Å². The van der Waals surface area contributed by atoms with Crippen LogP contribution in [0.15, 0.2) is 23.6 Å². The van der Waals surface area contributed by atoms with E-state index < -0.39 is 0 Å². The van der Waals surface area contributed by atoms with Gasteiger partial charge in [0.1, 0.15) is 18.2 Å². The lowest BCUT2D eigenvalue weighted by Gasteiger charge is -2.26. The van der Waals surface area contributed by atoms with E-state index in [1.54, 1.807) is 18.4 Å². The molecule has 0 bridgehead atoms. The topological polar surface area (TPSA) is 76.3 Å². The first-order valence-electron chi connectivity index (χ1n) is 6.72. The fourth-order valence-corrected chi connectivity index (χ4v) is 2.84. The third kappa shape index (κ3) is 4.13. The van der Waals surface area contributed by atoms with Crippen LogP contribution < -0.4 is 16.2 Å². The molecule has 0 saturated carbocycles. The number of likely N-dealkylation sites (N-methyl/N-ethyl adjacent to an activating group) is 1. The van der Waals surface area contributed by atoms with Crippen molar-refractivity contribution in [2.45, 2.75) is 26.0 Å². The normalized spacial score (nSPS) is 12.2. The van der Waals surface area contributed by atoms with Crippen molar-refractivity contribution >= 4 is 23.0 Å². The molecule has 0 fully saturated rings. The molecule has 7 heteroatoms. The number of hydrogen-bond donors (Lipinski definition) is 2. The van der Waals surface area contributed by atoms with Gasteiger partial charge in [-0.15, -0.1) is 11.3 Å². The van der Waals surface area contributed by atoms with Crippen molar-refractivity contribution in [2.24, 2.45) is 5.84 Å². The van der Waals surface area contributed by atoms with Crippen molar-refractivity contribution in [3.05, 3.63) is 34.3 Å². The van der Waals surface area contributed by atoms with Gasteiger partial charge in [0.2, 0.25) is 0 Å². The Balaban J connectivity index is 2.16. The Morgan fingerprint density at radius 1 is 1.48 bits per heavy atom. The fraction of sp³-hybridized carbons (Fsp3) is 0.429. The quantitative estimate of drug-likeness (QED) is 0.602. The molecule has 0 aliphatic heterocycles. The Morgan fingerprint density at radius 3 is 2.90 bits per heavy atom. The molecule has 1 atom stereocenters. The highest BCUT2D eigenvalue weighted by atomic mass is 32.1. The molecule has 6 nitrogen and oxygen atoms in total. The number of rotatable bonds is 7. The second-order valence-electron chi connectivity index (χ2n) is 4.85. The van der Waals surface area contributed by atoms with Gasteiger partial charge < -0.3 is 15.1 Å². The van der Waals surface area contributed by atoms with E-state index in [9.17, 15) is 0 Å². The van der Waals surface area contributed by atoms with Crippen LogP contribution in [0.25, 0.3) is 0 Å². The Morgan fingerprint density at radius 2 is 2.29 bits per heavy atom. The summed E-state index contributed by atoms with van der Waals surface area (Å²) in [4.78, 5) is 12.3. The van der Waals surface area contributed by atoms with E-state index in [-0.39, 0.29) is 0 Å². The predicted octanol–water partition coefficient (Wildman–Crippen LogP) is 2.04. The Hall–Kier alpha value is -1.70. The highest BCUT2D eigenvalue weighted by Gasteiger charge is 2.15. The molecule has 0 aliphatic rings. The van der Waals surface area contributed by atoms with E-state index in [4.69, 9.17) is 10.6 Å². The maximum atomic E-state index is 5.47. The lowest BCUT2D eigenvalue weighted by molar-refractivity contribution is 0.178. The van der Waals surface area contributed by atoms with Gasteiger partial charge in [-0.25, -0.2) is 15.8 Å². The summed E-state index contributed by atoms with van der Waals surface area (Å²) in [6.07, 6.45) is 0.975. The van der Waals surface area contributed by atoms with E-state index in [0.717, 1.165) is 12.2 Å². The third-order valence-corrected chi connectivity index (χ3v) is 4.18. The molecule has 2 aromatic heterocycles. The van der Waals surface area contributed by atoms with Crippen molar-refractivity contribution in [3.8, 4) is 0 Å². The lowest BCUT2D eigenvalue weighted by Crippen LogP contribution is -2.31. The summed E-state index contributed by atoms with van der Waals surface area (Å²) in [5.41, 5.74) is 2.57. The van der Waals surface area contributed by atoms with E-state index in [1.807, 2.05) is 13.1 Å². The minimum atomic E-state index is 0.319. The van der Waals surface area contributed by atoms with E-state index >= 15 is 0 Å². The van der Waals surface area contributed by atoms with Crippen LogP contribution in [0.1, 0.15) is 17.6 Å². The van der Waals surface area contributed by atoms with Crippen LogP contribution in [0.5, 0.6) is 0 Å². The molecule has 0 radical (unpaired) electrons. The minimum absolute atomic E-state index is 0.319. The van der Waals surface area contributed by atoms with Gasteiger partial charge in [-0.2, -0.15) is 0 Å². The number of anilines is 2. The lowest BCUT2D eigenvalue weighted by atomic mass is 10.2. The van der Waals surface area contributed by atoms with Gasteiger partial charge in [-0.1, -0.05) is 6.07 Å². The number of hydrogen-bond acceptors (Lipinski definition) is 7. The molecule has 2 heterocycles. The molecular formula is C14H21N5OS. The Kier molecular flexibility index (Phi) is 5.49. The van der Waals surface area contributed by atoms with Crippen molar-refractivity contribution < 1.29 is 4.74 Å². The summed E-state index contributed by atoms with van der Waals surface area (Å²) in [7, 11) is 3.65. The van der Waals surface area contributed by atoms with Crippen LogP contribution in [0, 0.1) is 0 Å². The molecule has 2 rings (SSSR count). The van der Waals surface area contributed by atoms with Gasteiger partial charge >= 0.3 is 0 Å². The molecule has 3 N–H and O–H groups in total. The molecule has 0 spiro atoms. The molecule has 114 valence electrons. The summed E-state index contributed by atoms with van der Waals surface area (Å²) in [5.74, 6) is 7.49. The second kappa shape index (κ2) is 7.35. The average molecular weight is 307 g/mol. The van der Waals surface area contributed by atoms with Gasteiger partial charge in [-0.05, 0) is 18.4 Å². The molecule has 2 aromatic rings. The number of hydrazine groups is 1. The maximum absolute atomic E-state index is 5.47. The van der Waals surface area contributed by atoms with Crippen molar-refractivity contribution in [1.82, 2.24) is 9.97 Å². The largest absolute Gasteiger partial charge is 0.377 e. The zero-order valence-corrected chi connectivity index (χ0v) is 13.4. The first kappa shape index (κ1) is 15.7. The van der Waals surface area contributed by atoms with Crippen LogP contribution in [0.3, 0.4) is 0 Å². The van der Waals surface area contributed by atoms with Crippen LogP contribution in [-0.2, 0) is 17.8 Å². The summed E-state index contributed by atoms with van der Waals surface area (Å²) in [6.45, 7) is 2.53. The number of ether oxygens (including phenoxy) is 1. The van der Waals surface area contributed by atoms with Crippen LogP contribution in [0.2, 0.25) is 0 Å². The molecule has 0 aromatic carbocycles.